The topological polar surface area (TPSA) is 128 Å². The molecular formula is C22H21N3O5S. The number of benzene rings is 3. The normalized spacial score (nSPS) is 11.9. The lowest BCUT2D eigenvalue weighted by atomic mass is 10.1. The van der Waals surface area contributed by atoms with Crippen molar-refractivity contribution in [3.05, 3.63) is 84.4 Å². The molecule has 3 aromatic carbocycles. The van der Waals surface area contributed by atoms with Crippen LogP contribution < -0.4 is 15.8 Å². The van der Waals surface area contributed by atoms with Gasteiger partial charge in [-0.25, -0.2) is 18.4 Å². The van der Waals surface area contributed by atoms with Gasteiger partial charge in [0.15, 0.2) is 6.10 Å². The van der Waals surface area contributed by atoms with Gasteiger partial charge < -0.3 is 15.4 Å². The third-order valence-corrected chi connectivity index (χ3v) is 5.23. The van der Waals surface area contributed by atoms with Gasteiger partial charge in [-0.1, -0.05) is 30.3 Å². The van der Waals surface area contributed by atoms with E-state index in [1.807, 2.05) is 30.3 Å². The first-order chi connectivity index (χ1) is 14.7. The smallest absolute Gasteiger partial charge is 0.341 e. The molecule has 0 heterocycles. The van der Waals surface area contributed by atoms with Crippen LogP contribution in [0.5, 0.6) is 0 Å². The number of ether oxygens (including phenoxy) is 1. The molecule has 1 atom stereocenters. The number of sulfonamides is 1. The largest absolute Gasteiger partial charge is 0.449 e. The zero-order valence-corrected chi connectivity index (χ0v) is 17.4. The van der Waals surface area contributed by atoms with Crippen LogP contribution in [0.25, 0.3) is 0 Å². The van der Waals surface area contributed by atoms with Gasteiger partial charge in [0, 0.05) is 11.4 Å². The highest BCUT2D eigenvalue weighted by molar-refractivity contribution is 7.89. The molecule has 0 saturated carbocycles. The van der Waals surface area contributed by atoms with E-state index in [0.717, 1.165) is 5.69 Å². The maximum Gasteiger partial charge on any atom is 0.341 e. The third-order valence-electron chi connectivity index (χ3n) is 4.30. The molecule has 0 aliphatic carbocycles. The van der Waals surface area contributed by atoms with Crippen LogP contribution in [-0.4, -0.2) is 26.4 Å². The van der Waals surface area contributed by atoms with Crippen molar-refractivity contribution in [1.29, 1.82) is 0 Å². The summed E-state index contributed by atoms with van der Waals surface area (Å²) < 4.78 is 27.9. The van der Waals surface area contributed by atoms with Gasteiger partial charge in [0.2, 0.25) is 10.0 Å². The summed E-state index contributed by atoms with van der Waals surface area (Å²) in [6.45, 7) is 1.44. The molecule has 9 heteroatoms. The van der Waals surface area contributed by atoms with E-state index >= 15 is 0 Å². The van der Waals surface area contributed by atoms with Crippen molar-refractivity contribution in [1.82, 2.24) is 0 Å². The molecule has 0 saturated heterocycles. The van der Waals surface area contributed by atoms with Crippen molar-refractivity contribution < 1.29 is 22.7 Å². The van der Waals surface area contributed by atoms with Crippen LogP contribution in [0.1, 0.15) is 17.3 Å². The monoisotopic (exact) mass is 439 g/mol. The number of amides is 1. The lowest BCUT2D eigenvalue weighted by Crippen LogP contribution is -2.30. The number of anilines is 3. The molecule has 0 unspecified atom stereocenters. The van der Waals surface area contributed by atoms with Crippen LogP contribution in [0.3, 0.4) is 0 Å². The number of carbonyl (C=O) groups excluding carboxylic acids is 2. The summed E-state index contributed by atoms with van der Waals surface area (Å²) in [5.74, 6) is -1.23. The Kier molecular flexibility index (Phi) is 6.68. The molecule has 160 valence electrons. The molecule has 0 bridgehead atoms. The second-order valence-electron chi connectivity index (χ2n) is 6.64. The first-order valence-electron chi connectivity index (χ1n) is 9.30. The number of primary sulfonamides is 1. The fourth-order valence-electron chi connectivity index (χ4n) is 2.70. The van der Waals surface area contributed by atoms with E-state index in [2.05, 4.69) is 10.6 Å². The van der Waals surface area contributed by atoms with E-state index < -0.39 is 28.0 Å². The minimum absolute atomic E-state index is 0.0764. The molecule has 0 aliphatic rings. The predicted molar refractivity (Wildman–Crippen MR) is 117 cm³/mol. The highest BCUT2D eigenvalue weighted by Crippen LogP contribution is 2.22. The van der Waals surface area contributed by atoms with Crippen molar-refractivity contribution >= 4 is 39.0 Å². The molecule has 0 aliphatic heterocycles. The van der Waals surface area contributed by atoms with Crippen LogP contribution in [0.15, 0.2) is 83.8 Å². The highest BCUT2D eigenvalue weighted by Gasteiger charge is 2.21. The quantitative estimate of drug-likeness (QED) is 0.485. The summed E-state index contributed by atoms with van der Waals surface area (Å²) in [6, 6.07) is 21.5. The van der Waals surface area contributed by atoms with E-state index in [1.165, 1.54) is 31.2 Å². The van der Waals surface area contributed by atoms with Crippen molar-refractivity contribution in [2.24, 2.45) is 5.14 Å². The molecule has 31 heavy (non-hydrogen) atoms. The van der Waals surface area contributed by atoms with E-state index in [4.69, 9.17) is 9.88 Å². The standard InChI is InChI=1S/C22H21N3O5S/c1-15(21(26)25-17-11-13-18(14-12-17)31(23,28)29)30-22(27)19-9-5-6-10-20(19)24-16-7-3-2-4-8-16/h2-15,24H,1H3,(H,25,26)(H2,23,28,29)/t15-/m1/s1. The lowest BCUT2D eigenvalue weighted by molar-refractivity contribution is -0.123. The number of para-hydroxylation sites is 2. The maximum atomic E-state index is 12.7. The Bertz CT molecular complexity index is 1180. The zero-order chi connectivity index (χ0) is 22.4. The van der Waals surface area contributed by atoms with Gasteiger partial charge in [-0.3, -0.25) is 4.79 Å². The number of hydrogen-bond acceptors (Lipinski definition) is 6. The Morgan fingerprint density at radius 1 is 0.871 bits per heavy atom. The minimum Gasteiger partial charge on any atom is -0.449 e. The number of esters is 1. The molecule has 0 radical (unpaired) electrons. The summed E-state index contributed by atoms with van der Waals surface area (Å²) in [6.07, 6.45) is -1.09. The first kappa shape index (κ1) is 22.0. The molecule has 3 aromatic rings. The van der Waals surface area contributed by atoms with Crippen molar-refractivity contribution in [3.8, 4) is 0 Å². The maximum absolute atomic E-state index is 12.7. The molecule has 1 amide bonds. The Hall–Kier alpha value is -3.69. The van der Waals surface area contributed by atoms with Gasteiger partial charge in [-0.05, 0) is 55.5 Å². The summed E-state index contributed by atoms with van der Waals surface area (Å²) in [5, 5.41) is 10.8. The Balaban J connectivity index is 1.66. The van der Waals surface area contributed by atoms with Gasteiger partial charge in [-0.15, -0.1) is 0 Å². The fraction of sp³-hybridized carbons (Fsp3) is 0.0909. The summed E-state index contributed by atoms with van der Waals surface area (Å²) in [4.78, 5) is 25.0. The van der Waals surface area contributed by atoms with Crippen molar-refractivity contribution in [2.75, 3.05) is 10.6 Å². The van der Waals surface area contributed by atoms with Gasteiger partial charge in [0.1, 0.15) is 0 Å². The molecular weight excluding hydrogens is 418 g/mol. The number of nitrogens with two attached hydrogens (primary N) is 1. The zero-order valence-electron chi connectivity index (χ0n) is 16.6. The SMILES string of the molecule is C[C@@H](OC(=O)c1ccccc1Nc1ccccc1)C(=O)Nc1ccc(S(N)(=O)=O)cc1. The fourth-order valence-corrected chi connectivity index (χ4v) is 3.21. The second kappa shape index (κ2) is 9.41. The van der Waals surface area contributed by atoms with Crippen LogP contribution >= 0.6 is 0 Å². The van der Waals surface area contributed by atoms with E-state index in [0.29, 0.717) is 11.4 Å². The highest BCUT2D eigenvalue weighted by atomic mass is 32.2. The summed E-state index contributed by atoms with van der Waals surface area (Å²) >= 11 is 0. The lowest BCUT2D eigenvalue weighted by Gasteiger charge is -2.16. The van der Waals surface area contributed by atoms with Crippen LogP contribution in [0.4, 0.5) is 17.1 Å². The van der Waals surface area contributed by atoms with E-state index in [-0.39, 0.29) is 10.5 Å². The Morgan fingerprint density at radius 2 is 1.48 bits per heavy atom. The van der Waals surface area contributed by atoms with Crippen LogP contribution in [-0.2, 0) is 19.6 Å². The summed E-state index contributed by atoms with van der Waals surface area (Å²) in [7, 11) is -3.83. The average Bonchev–Trinajstić information content (AvgIpc) is 2.74. The molecule has 3 rings (SSSR count). The number of carbonyl (C=O) groups is 2. The second-order valence-corrected chi connectivity index (χ2v) is 8.20. The van der Waals surface area contributed by atoms with Gasteiger partial charge in [0.25, 0.3) is 5.91 Å². The van der Waals surface area contributed by atoms with Gasteiger partial charge >= 0.3 is 5.97 Å². The summed E-state index contributed by atoms with van der Waals surface area (Å²) in [5.41, 5.74) is 1.97. The number of nitrogens with one attached hydrogen (secondary N) is 2. The van der Waals surface area contributed by atoms with E-state index in [9.17, 15) is 18.0 Å². The minimum atomic E-state index is -3.83. The van der Waals surface area contributed by atoms with Crippen LogP contribution in [0.2, 0.25) is 0 Å². The van der Waals surface area contributed by atoms with Gasteiger partial charge in [-0.2, -0.15) is 0 Å². The van der Waals surface area contributed by atoms with Gasteiger partial charge in [0.05, 0.1) is 16.1 Å². The predicted octanol–water partition coefficient (Wildman–Crippen LogP) is 3.26. The van der Waals surface area contributed by atoms with Crippen LogP contribution in [0, 0.1) is 0 Å². The average molecular weight is 439 g/mol. The number of hydrogen-bond donors (Lipinski definition) is 3. The van der Waals surface area contributed by atoms with Crippen molar-refractivity contribution in [2.45, 2.75) is 17.9 Å². The molecule has 0 spiro atoms. The Morgan fingerprint density at radius 3 is 2.13 bits per heavy atom. The third kappa shape index (κ3) is 5.91. The molecule has 0 aromatic heterocycles. The molecule has 4 N–H and O–H groups in total. The molecule has 8 nitrogen and oxygen atoms in total. The number of rotatable bonds is 7. The molecule has 0 fully saturated rings. The van der Waals surface area contributed by atoms with Crippen molar-refractivity contribution in [3.63, 3.8) is 0 Å². The van der Waals surface area contributed by atoms with E-state index in [1.54, 1.807) is 24.3 Å². The first-order valence-corrected chi connectivity index (χ1v) is 10.8. The Labute approximate surface area is 180 Å².